The molecule has 0 unspecified atom stereocenters. The molecule has 0 amide bonds. The number of Topliss-reactive ketones (excluding diaryl/α,β-unsaturated/α-hetero) is 1. The van der Waals surface area contributed by atoms with Crippen molar-refractivity contribution in [3.8, 4) is 17.2 Å². The van der Waals surface area contributed by atoms with Crippen LogP contribution in [0.15, 0.2) is 24.3 Å². The summed E-state index contributed by atoms with van der Waals surface area (Å²) in [6.07, 6.45) is 1.16. The Hall–Kier alpha value is -2.64. The third-order valence-corrected chi connectivity index (χ3v) is 6.03. The van der Waals surface area contributed by atoms with E-state index in [1.54, 1.807) is 19.2 Å². The summed E-state index contributed by atoms with van der Waals surface area (Å²) in [6.45, 7) is 9.96. The molecular weight excluding hydrogens is 425 g/mol. The van der Waals surface area contributed by atoms with Gasteiger partial charge in [-0.25, -0.2) is 4.39 Å². The van der Waals surface area contributed by atoms with Crippen molar-refractivity contribution in [1.29, 1.82) is 0 Å². The minimum absolute atomic E-state index is 0.0872. The van der Waals surface area contributed by atoms with Crippen LogP contribution in [0.3, 0.4) is 0 Å². The SMILES string of the molecule is COc1c(C)c(C)c(C(C)=O)c(OCCN2CCOCC2)c1OCCCc1ccccc1F. The third-order valence-electron chi connectivity index (χ3n) is 6.03. The van der Waals surface area contributed by atoms with E-state index >= 15 is 0 Å². The standard InChI is InChI=1S/C26H34FNO5/c1-18-19(2)24(30-4)26(32-14-7-9-21-8-5-6-10-22(21)27)25(23(18)20(3)29)33-17-13-28-11-15-31-16-12-28/h5-6,8,10H,7,9,11-17H2,1-4H3. The number of nitrogens with zero attached hydrogens (tertiary/aromatic N) is 1. The fourth-order valence-corrected chi connectivity index (χ4v) is 4.09. The van der Waals surface area contributed by atoms with Crippen LogP contribution >= 0.6 is 0 Å². The van der Waals surface area contributed by atoms with Crippen molar-refractivity contribution in [2.24, 2.45) is 0 Å². The molecule has 0 spiro atoms. The van der Waals surface area contributed by atoms with E-state index in [9.17, 15) is 9.18 Å². The van der Waals surface area contributed by atoms with Gasteiger partial charge in [-0.2, -0.15) is 0 Å². The molecule has 1 heterocycles. The van der Waals surface area contributed by atoms with Crippen LogP contribution < -0.4 is 14.2 Å². The van der Waals surface area contributed by atoms with Gasteiger partial charge in [0.25, 0.3) is 0 Å². The van der Waals surface area contributed by atoms with Gasteiger partial charge in [0.1, 0.15) is 12.4 Å². The van der Waals surface area contributed by atoms with Crippen LogP contribution in [0, 0.1) is 19.7 Å². The summed E-state index contributed by atoms with van der Waals surface area (Å²) in [6, 6.07) is 6.74. The molecule has 1 saturated heterocycles. The first-order chi connectivity index (χ1) is 15.9. The van der Waals surface area contributed by atoms with Gasteiger partial charge in [0.2, 0.25) is 5.75 Å². The Bertz CT molecular complexity index is 956. The van der Waals surface area contributed by atoms with E-state index in [0.717, 1.165) is 30.8 Å². The lowest BCUT2D eigenvalue weighted by Gasteiger charge is -2.27. The first-order valence-electron chi connectivity index (χ1n) is 11.4. The highest BCUT2D eigenvalue weighted by atomic mass is 19.1. The number of hydrogen-bond donors (Lipinski definition) is 0. The first-order valence-corrected chi connectivity index (χ1v) is 11.4. The van der Waals surface area contributed by atoms with Gasteiger partial charge in [-0.3, -0.25) is 9.69 Å². The zero-order chi connectivity index (χ0) is 23.8. The number of methoxy groups -OCH3 is 1. The second-order valence-electron chi connectivity index (χ2n) is 8.22. The molecule has 0 saturated carbocycles. The normalized spacial score (nSPS) is 14.2. The predicted molar refractivity (Wildman–Crippen MR) is 125 cm³/mol. The van der Waals surface area contributed by atoms with Crippen LogP contribution in [0.1, 0.15) is 40.4 Å². The zero-order valence-corrected chi connectivity index (χ0v) is 20.0. The van der Waals surface area contributed by atoms with E-state index in [0.29, 0.717) is 67.6 Å². The first kappa shape index (κ1) is 25.0. The number of ketones is 1. The summed E-state index contributed by atoms with van der Waals surface area (Å²) in [5.74, 6) is 1.11. The molecule has 0 atom stereocenters. The molecule has 0 radical (unpaired) electrons. The third kappa shape index (κ3) is 6.24. The molecule has 3 rings (SSSR count). The van der Waals surface area contributed by atoms with E-state index in [2.05, 4.69) is 4.90 Å². The summed E-state index contributed by atoms with van der Waals surface area (Å²) < 4.78 is 37.3. The van der Waals surface area contributed by atoms with Crippen LogP contribution in [0.25, 0.3) is 0 Å². The molecule has 1 fully saturated rings. The highest BCUT2D eigenvalue weighted by Crippen LogP contribution is 2.45. The molecular formula is C26H34FNO5. The number of benzene rings is 2. The van der Waals surface area contributed by atoms with Gasteiger partial charge in [0.05, 0.1) is 32.5 Å². The molecule has 2 aromatic rings. The van der Waals surface area contributed by atoms with Crippen LogP contribution in [0.2, 0.25) is 0 Å². The number of morpholine rings is 1. The van der Waals surface area contributed by atoms with Crippen molar-refractivity contribution < 1.29 is 28.1 Å². The Balaban J connectivity index is 1.79. The predicted octanol–water partition coefficient (Wildman–Crippen LogP) is 4.38. The topological polar surface area (TPSA) is 57.2 Å². The number of carbonyl (C=O) groups excluding carboxylic acids is 1. The van der Waals surface area contributed by atoms with Crippen molar-refractivity contribution in [2.45, 2.75) is 33.6 Å². The number of halogens is 1. The van der Waals surface area contributed by atoms with Crippen molar-refractivity contribution in [1.82, 2.24) is 4.90 Å². The summed E-state index contributed by atoms with van der Waals surface area (Å²) in [7, 11) is 1.58. The van der Waals surface area contributed by atoms with Crippen molar-refractivity contribution >= 4 is 5.78 Å². The van der Waals surface area contributed by atoms with Crippen LogP contribution in [-0.4, -0.2) is 63.9 Å². The number of aryl methyl sites for hydroxylation is 1. The lowest BCUT2D eigenvalue weighted by molar-refractivity contribution is 0.0320. The molecule has 0 aliphatic carbocycles. The number of ether oxygens (including phenoxy) is 4. The van der Waals surface area contributed by atoms with Crippen LogP contribution in [-0.2, 0) is 11.2 Å². The summed E-state index contributed by atoms with van der Waals surface area (Å²) >= 11 is 0. The van der Waals surface area contributed by atoms with Gasteiger partial charge in [0, 0.05) is 19.6 Å². The van der Waals surface area contributed by atoms with Crippen LogP contribution in [0.4, 0.5) is 4.39 Å². The van der Waals surface area contributed by atoms with E-state index in [1.807, 2.05) is 19.9 Å². The zero-order valence-electron chi connectivity index (χ0n) is 20.0. The highest BCUT2D eigenvalue weighted by molar-refractivity contribution is 6.00. The van der Waals surface area contributed by atoms with Crippen molar-refractivity contribution in [3.05, 3.63) is 52.3 Å². The van der Waals surface area contributed by atoms with Crippen molar-refractivity contribution in [2.75, 3.05) is 53.2 Å². The van der Waals surface area contributed by atoms with E-state index in [1.165, 1.54) is 13.0 Å². The van der Waals surface area contributed by atoms with Crippen molar-refractivity contribution in [3.63, 3.8) is 0 Å². The summed E-state index contributed by atoms with van der Waals surface area (Å²) in [4.78, 5) is 14.8. The molecule has 0 bridgehead atoms. The fourth-order valence-electron chi connectivity index (χ4n) is 4.09. The molecule has 0 N–H and O–H groups in total. The Kier molecular flexibility index (Phi) is 9.09. The Labute approximate surface area is 195 Å². The van der Waals surface area contributed by atoms with Gasteiger partial charge in [0.15, 0.2) is 17.3 Å². The average Bonchev–Trinajstić information content (AvgIpc) is 2.81. The van der Waals surface area contributed by atoms with Crippen LogP contribution in [0.5, 0.6) is 17.2 Å². The molecule has 0 aromatic heterocycles. The second-order valence-corrected chi connectivity index (χ2v) is 8.22. The molecule has 1 aliphatic rings. The van der Waals surface area contributed by atoms with E-state index in [4.69, 9.17) is 18.9 Å². The van der Waals surface area contributed by atoms with E-state index in [-0.39, 0.29) is 11.6 Å². The largest absolute Gasteiger partial charge is 0.492 e. The second kappa shape index (κ2) is 12.0. The number of hydrogen-bond acceptors (Lipinski definition) is 6. The fraction of sp³-hybridized carbons (Fsp3) is 0.500. The lowest BCUT2D eigenvalue weighted by Crippen LogP contribution is -2.38. The van der Waals surface area contributed by atoms with Gasteiger partial charge >= 0.3 is 0 Å². The lowest BCUT2D eigenvalue weighted by atomic mass is 9.97. The Morgan fingerprint density at radius 2 is 1.73 bits per heavy atom. The van der Waals surface area contributed by atoms with Gasteiger partial charge in [-0.15, -0.1) is 0 Å². The van der Waals surface area contributed by atoms with E-state index < -0.39 is 0 Å². The van der Waals surface area contributed by atoms with Gasteiger partial charge < -0.3 is 18.9 Å². The molecule has 6 nitrogen and oxygen atoms in total. The van der Waals surface area contributed by atoms with Gasteiger partial charge in [-0.05, 0) is 56.4 Å². The molecule has 7 heteroatoms. The Morgan fingerprint density at radius 3 is 2.39 bits per heavy atom. The Morgan fingerprint density at radius 1 is 1.03 bits per heavy atom. The minimum atomic E-state index is -0.215. The monoisotopic (exact) mass is 459 g/mol. The maximum absolute atomic E-state index is 13.9. The maximum Gasteiger partial charge on any atom is 0.204 e. The quantitative estimate of drug-likeness (QED) is 0.367. The molecule has 180 valence electrons. The number of carbonyl (C=O) groups is 1. The molecule has 2 aromatic carbocycles. The molecule has 1 aliphatic heterocycles. The summed E-state index contributed by atoms with van der Waals surface area (Å²) in [5.41, 5.74) is 2.82. The smallest absolute Gasteiger partial charge is 0.204 e. The minimum Gasteiger partial charge on any atom is -0.492 e. The average molecular weight is 460 g/mol. The van der Waals surface area contributed by atoms with Gasteiger partial charge in [-0.1, -0.05) is 18.2 Å². The number of rotatable bonds is 11. The maximum atomic E-state index is 13.9. The highest BCUT2D eigenvalue weighted by Gasteiger charge is 2.26. The molecule has 33 heavy (non-hydrogen) atoms. The summed E-state index contributed by atoms with van der Waals surface area (Å²) in [5, 5.41) is 0.